The molecule has 2 rings (SSSR count). The fraction of sp³-hybridized carbons (Fsp3) is 0.316. The Morgan fingerprint density at radius 1 is 1.21 bits per heavy atom. The summed E-state index contributed by atoms with van der Waals surface area (Å²) in [6.07, 6.45) is 0.581. The van der Waals surface area contributed by atoms with Gasteiger partial charge in [0.25, 0.3) is 0 Å². The molecule has 0 aliphatic rings. The highest BCUT2D eigenvalue weighted by Gasteiger charge is 2.30. The molecule has 1 atom stereocenters. The standard InChI is InChI=1S/C19H21ClFNO2/c1-3-19(24-2,14-8-5-4-6-9-14)13-22-18(23)12-15-16(20)10-7-11-17(15)21/h4-11H,3,12-13H2,1-2H3,(H,22,23)/t19-/m0/s1. The van der Waals surface area contributed by atoms with Crippen LogP contribution in [0.15, 0.2) is 48.5 Å². The van der Waals surface area contributed by atoms with Crippen LogP contribution in [0.1, 0.15) is 24.5 Å². The number of benzene rings is 2. The number of hydrogen-bond acceptors (Lipinski definition) is 2. The van der Waals surface area contributed by atoms with Crippen molar-refractivity contribution in [3.63, 3.8) is 0 Å². The summed E-state index contributed by atoms with van der Waals surface area (Å²) in [5.74, 6) is -0.776. The van der Waals surface area contributed by atoms with Gasteiger partial charge in [-0.2, -0.15) is 0 Å². The van der Waals surface area contributed by atoms with Crippen LogP contribution in [0.4, 0.5) is 4.39 Å². The summed E-state index contributed by atoms with van der Waals surface area (Å²) in [5, 5.41) is 3.09. The molecule has 128 valence electrons. The maximum Gasteiger partial charge on any atom is 0.224 e. The van der Waals surface area contributed by atoms with Gasteiger partial charge in [-0.1, -0.05) is 54.9 Å². The van der Waals surface area contributed by atoms with Crippen LogP contribution in [-0.4, -0.2) is 19.6 Å². The molecule has 5 heteroatoms. The van der Waals surface area contributed by atoms with Crippen molar-refractivity contribution in [3.05, 3.63) is 70.5 Å². The Morgan fingerprint density at radius 3 is 2.50 bits per heavy atom. The SMILES string of the molecule is CC[C@@](CNC(=O)Cc1c(F)cccc1Cl)(OC)c1ccccc1. The smallest absolute Gasteiger partial charge is 0.224 e. The zero-order valence-electron chi connectivity index (χ0n) is 13.8. The molecule has 2 aromatic carbocycles. The maximum atomic E-state index is 13.8. The summed E-state index contributed by atoms with van der Waals surface area (Å²) < 4.78 is 19.5. The lowest BCUT2D eigenvalue weighted by Gasteiger charge is -2.32. The van der Waals surface area contributed by atoms with Crippen molar-refractivity contribution < 1.29 is 13.9 Å². The first kappa shape index (κ1) is 18.4. The van der Waals surface area contributed by atoms with E-state index in [1.54, 1.807) is 13.2 Å². The first-order chi connectivity index (χ1) is 11.5. The van der Waals surface area contributed by atoms with E-state index < -0.39 is 11.4 Å². The van der Waals surface area contributed by atoms with Crippen molar-refractivity contribution in [2.75, 3.05) is 13.7 Å². The number of methoxy groups -OCH3 is 1. The van der Waals surface area contributed by atoms with Gasteiger partial charge in [-0.15, -0.1) is 0 Å². The third kappa shape index (κ3) is 4.13. The van der Waals surface area contributed by atoms with E-state index in [1.807, 2.05) is 37.3 Å². The summed E-state index contributed by atoms with van der Waals surface area (Å²) in [6, 6.07) is 14.1. The number of halogens is 2. The minimum absolute atomic E-state index is 0.107. The number of amides is 1. The predicted molar refractivity (Wildman–Crippen MR) is 93.5 cm³/mol. The highest BCUT2D eigenvalue weighted by Crippen LogP contribution is 2.28. The van der Waals surface area contributed by atoms with Crippen molar-refractivity contribution in [3.8, 4) is 0 Å². The molecule has 0 radical (unpaired) electrons. The molecule has 3 nitrogen and oxygen atoms in total. The first-order valence-electron chi connectivity index (χ1n) is 7.82. The Hall–Kier alpha value is -1.91. The van der Waals surface area contributed by atoms with Gasteiger partial charge < -0.3 is 10.1 Å². The van der Waals surface area contributed by atoms with E-state index in [-0.39, 0.29) is 22.9 Å². The zero-order chi connectivity index (χ0) is 17.6. The molecule has 24 heavy (non-hydrogen) atoms. The lowest BCUT2D eigenvalue weighted by molar-refractivity contribution is -0.122. The van der Waals surface area contributed by atoms with Crippen LogP contribution in [0.25, 0.3) is 0 Å². The number of carbonyl (C=O) groups excluding carboxylic acids is 1. The van der Waals surface area contributed by atoms with Gasteiger partial charge in [0.2, 0.25) is 5.91 Å². The third-order valence-corrected chi connectivity index (χ3v) is 4.59. The van der Waals surface area contributed by atoms with Crippen LogP contribution in [0, 0.1) is 5.82 Å². The molecule has 0 spiro atoms. The van der Waals surface area contributed by atoms with Crippen LogP contribution in [0.5, 0.6) is 0 Å². The molecule has 0 fully saturated rings. The van der Waals surface area contributed by atoms with Crippen LogP contribution < -0.4 is 5.32 Å². The highest BCUT2D eigenvalue weighted by atomic mass is 35.5. The molecule has 0 aliphatic heterocycles. The predicted octanol–water partition coefficient (Wildman–Crippen LogP) is 4.09. The third-order valence-electron chi connectivity index (χ3n) is 4.23. The van der Waals surface area contributed by atoms with Crippen LogP contribution in [0.3, 0.4) is 0 Å². The van der Waals surface area contributed by atoms with Gasteiger partial charge in [-0.25, -0.2) is 4.39 Å². The number of carbonyl (C=O) groups is 1. The summed E-state index contributed by atoms with van der Waals surface area (Å²) in [6.45, 7) is 2.30. The van der Waals surface area contributed by atoms with Crippen molar-refractivity contribution in [2.45, 2.75) is 25.4 Å². The molecule has 0 heterocycles. The monoisotopic (exact) mass is 349 g/mol. The Morgan fingerprint density at radius 2 is 1.92 bits per heavy atom. The van der Waals surface area contributed by atoms with Crippen LogP contribution >= 0.6 is 11.6 Å². The number of hydrogen-bond donors (Lipinski definition) is 1. The first-order valence-corrected chi connectivity index (χ1v) is 8.20. The fourth-order valence-electron chi connectivity index (χ4n) is 2.67. The number of nitrogens with one attached hydrogen (secondary N) is 1. The van der Waals surface area contributed by atoms with Crippen LogP contribution in [0.2, 0.25) is 5.02 Å². The van der Waals surface area contributed by atoms with Gasteiger partial charge in [0.15, 0.2) is 0 Å². The van der Waals surface area contributed by atoms with E-state index in [0.29, 0.717) is 13.0 Å². The van der Waals surface area contributed by atoms with E-state index in [1.165, 1.54) is 12.1 Å². The van der Waals surface area contributed by atoms with Gasteiger partial charge >= 0.3 is 0 Å². The van der Waals surface area contributed by atoms with E-state index in [4.69, 9.17) is 16.3 Å². The lowest BCUT2D eigenvalue weighted by atomic mass is 9.90. The molecule has 0 saturated carbocycles. The molecule has 0 bridgehead atoms. The van der Waals surface area contributed by atoms with Gasteiger partial charge in [-0.05, 0) is 24.1 Å². The minimum Gasteiger partial charge on any atom is -0.372 e. The largest absolute Gasteiger partial charge is 0.372 e. The second kappa shape index (κ2) is 8.27. The molecule has 1 amide bonds. The minimum atomic E-state index is -0.615. The zero-order valence-corrected chi connectivity index (χ0v) is 14.6. The van der Waals surface area contributed by atoms with E-state index in [2.05, 4.69) is 5.32 Å². The fourth-order valence-corrected chi connectivity index (χ4v) is 2.90. The molecule has 0 aliphatic carbocycles. The van der Waals surface area contributed by atoms with Gasteiger partial charge in [0.1, 0.15) is 11.4 Å². The number of rotatable bonds is 7. The summed E-state index contributed by atoms with van der Waals surface area (Å²) in [4.78, 5) is 12.2. The Labute approximate surface area is 146 Å². The van der Waals surface area contributed by atoms with Gasteiger partial charge in [0.05, 0.1) is 13.0 Å². The number of ether oxygens (including phenoxy) is 1. The van der Waals surface area contributed by atoms with Crippen molar-refractivity contribution in [2.24, 2.45) is 0 Å². The molecule has 0 unspecified atom stereocenters. The molecular weight excluding hydrogens is 329 g/mol. The molecule has 2 aromatic rings. The molecule has 0 aromatic heterocycles. The topological polar surface area (TPSA) is 38.3 Å². The van der Waals surface area contributed by atoms with E-state index >= 15 is 0 Å². The van der Waals surface area contributed by atoms with Gasteiger partial charge in [0, 0.05) is 17.7 Å². The Balaban J connectivity index is 2.08. The second-order valence-corrected chi connectivity index (χ2v) is 5.98. The summed E-state index contributed by atoms with van der Waals surface area (Å²) >= 11 is 5.97. The summed E-state index contributed by atoms with van der Waals surface area (Å²) in [5.41, 5.74) is 0.575. The average molecular weight is 350 g/mol. The Kier molecular flexibility index (Phi) is 6.35. The molecule has 0 saturated heterocycles. The lowest BCUT2D eigenvalue weighted by Crippen LogP contribution is -2.42. The van der Waals surface area contributed by atoms with Gasteiger partial charge in [-0.3, -0.25) is 4.79 Å². The quantitative estimate of drug-likeness (QED) is 0.817. The van der Waals surface area contributed by atoms with E-state index in [9.17, 15) is 9.18 Å². The van der Waals surface area contributed by atoms with Crippen LogP contribution in [-0.2, 0) is 21.6 Å². The van der Waals surface area contributed by atoms with E-state index in [0.717, 1.165) is 5.56 Å². The van der Waals surface area contributed by atoms with Crippen molar-refractivity contribution >= 4 is 17.5 Å². The normalized spacial score (nSPS) is 13.3. The average Bonchev–Trinajstić information content (AvgIpc) is 2.60. The maximum absolute atomic E-state index is 13.8. The van der Waals surface area contributed by atoms with Crippen molar-refractivity contribution in [1.82, 2.24) is 5.32 Å². The van der Waals surface area contributed by atoms with Crippen molar-refractivity contribution in [1.29, 1.82) is 0 Å². The molecule has 1 N–H and O–H groups in total. The Bertz CT molecular complexity index is 667. The summed E-state index contributed by atoms with van der Waals surface area (Å²) in [7, 11) is 1.62. The second-order valence-electron chi connectivity index (χ2n) is 5.57. The highest BCUT2D eigenvalue weighted by molar-refractivity contribution is 6.31. The molecular formula is C19H21ClFNO2.